The van der Waals surface area contributed by atoms with Gasteiger partial charge in [0.1, 0.15) is 5.82 Å². The lowest BCUT2D eigenvalue weighted by atomic mass is 10.1. The molecule has 5 heteroatoms. The van der Waals surface area contributed by atoms with Gasteiger partial charge in [-0.15, -0.1) is 0 Å². The van der Waals surface area contributed by atoms with Crippen molar-refractivity contribution in [2.24, 2.45) is 0 Å². The van der Waals surface area contributed by atoms with Crippen molar-refractivity contribution in [3.63, 3.8) is 0 Å². The first kappa shape index (κ1) is 6.40. The molecule has 0 radical (unpaired) electrons. The summed E-state index contributed by atoms with van der Waals surface area (Å²) in [5, 5.41) is 9.39. The number of hydrogen-bond acceptors (Lipinski definition) is 1. The summed E-state index contributed by atoms with van der Waals surface area (Å²) >= 11 is 0. The molecule has 1 aromatic rings. The molecule has 0 saturated heterocycles. The highest BCUT2D eigenvalue weighted by Gasteiger charge is 2.35. The summed E-state index contributed by atoms with van der Waals surface area (Å²) in [5.74, 6) is -1.96. The van der Waals surface area contributed by atoms with Crippen molar-refractivity contribution in [2.75, 3.05) is 0 Å². The Morgan fingerprint density at radius 2 is 2.14 bits per heavy atom. The van der Waals surface area contributed by atoms with Gasteiger partial charge in [0.25, 0.3) is 0 Å². The molecule has 0 saturated carbocycles. The van der Waals surface area contributed by atoms with Crippen molar-refractivity contribution >= 4 is 0 Å². The van der Waals surface area contributed by atoms with Gasteiger partial charge in [-0.2, -0.15) is 13.2 Å². The van der Waals surface area contributed by atoms with Gasteiger partial charge < -0.3 is 5.11 Å². The van der Waals surface area contributed by atoms with Crippen molar-refractivity contribution in [3.8, 4) is 0 Å². The van der Waals surface area contributed by atoms with Gasteiger partial charge in [0.15, 0.2) is 0 Å². The summed E-state index contributed by atoms with van der Waals surface area (Å²) in [7, 11) is 0. The van der Waals surface area contributed by atoms with Gasteiger partial charge in [0, 0.05) is 9.68 Å². The Balaban J connectivity index is 3.46. The van der Waals surface area contributed by atoms with Crippen LogP contribution in [0.15, 0.2) is 18.2 Å². The van der Waals surface area contributed by atoms with Gasteiger partial charge in [0.2, 0.25) is 0 Å². The highest BCUT2D eigenvalue weighted by Crippen LogP contribution is 2.33. The van der Waals surface area contributed by atoms with Gasteiger partial charge in [-0.1, -0.05) is 12.1 Å². The van der Waals surface area contributed by atoms with Crippen LogP contribution in [0.3, 0.4) is 0 Å². The van der Waals surface area contributed by atoms with E-state index in [1.54, 1.807) is 0 Å². The minimum absolute atomic E-state index is 0.397. The summed E-state index contributed by atoms with van der Waals surface area (Å²) in [4.78, 5) is 0. The van der Waals surface area contributed by atoms with E-state index in [-0.39, 0.29) is 0 Å². The van der Waals surface area contributed by atoms with Crippen LogP contribution in [-0.4, -0.2) is 5.11 Å². The third-order valence-electron chi connectivity index (χ3n) is 1.56. The van der Waals surface area contributed by atoms with Crippen molar-refractivity contribution in [3.05, 3.63) is 35.1 Å². The second-order valence-electron chi connectivity index (χ2n) is 2.51. The first-order valence-corrected chi connectivity index (χ1v) is 3.47. The fourth-order valence-electron chi connectivity index (χ4n) is 0.934. The molecule has 1 nitrogen and oxygen atoms in total. The number of hydrogen-bond donors (Lipinski definition) is 1. The molecule has 14 heavy (non-hydrogen) atoms. The summed E-state index contributed by atoms with van der Waals surface area (Å²) in [6, 6.07) is 1.75. The summed E-state index contributed by atoms with van der Waals surface area (Å²) in [5.41, 5.74) is -2.97. The third kappa shape index (κ3) is 2.04. The second-order valence-corrected chi connectivity index (χ2v) is 2.51. The van der Waals surface area contributed by atoms with Gasteiger partial charge >= 0.3 is 6.18 Å². The van der Waals surface area contributed by atoms with Crippen molar-refractivity contribution < 1.29 is 28.2 Å². The maximum absolute atomic E-state index is 13.5. The Morgan fingerprint density at radius 3 is 2.64 bits per heavy atom. The van der Waals surface area contributed by atoms with E-state index >= 15 is 0 Å². The van der Waals surface area contributed by atoms with Gasteiger partial charge in [-0.3, -0.25) is 0 Å². The molecule has 1 N–H and O–H groups in total. The summed E-state index contributed by atoms with van der Waals surface area (Å²) < 4.78 is 78.4. The molecular weight excluding hydrogens is 200 g/mol. The molecule has 0 heterocycles. The average Bonchev–Trinajstić information content (AvgIpc) is 2.13. The molecule has 1 aromatic carbocycles. The highest BCUT2D eigenvalue weighted by atomic mass is 19.4. The zero-order valence-electron chi connectivity index (χ0n) is 10.7. The standard InChI is InChI=1S/C9H8F4O/c1-5(14)6-3-2-4-7(8(6)10)9(11,12)13/h2-5,14H,1H3/i1D3,5D. The molecule has 0 bridgehead atoms. The average molecular weight is 212 g/mol. The number of aliphatic hydroxyl groups is 1. The zero-order chi connectivity index (χ0) is 14.4. The van der Waals surface area contributed by atoms with E-state index in [1.807, 2.05) is 0 Å². The lowest BCUT2D eigenvalue weighted by molar-refractivity contribution is -0.140. The van der Waals surface area contributed by atoms with Crippen LogP contribution in [0.5, 0.6) is 0 Å². The van der Waals surface area contributed by atoms with Crippen LogP contribution in [0.1, 0.15) is 29.5 Å². The molecule has 0 aromatic heterocycles. The van der Waals surface area contributed by atoms with E-state index in [4.69, 9.17) is 5.48 Å². The van der Waals surface area contributed by atoms with Crippen molar-refractivity contribution in [2.45, 2.75) is 19.1 Å². The molecule has 0 aliphatic heterocycles. The third-order valence-corrected chi connectivity index (χ3v) is 1.56. The summed E-state index contributed by atoms with van der Waals surface area (Å²) in [6.45, 7) is -3.38. The Morgan fingerprint density at radius 1 is 1.50 bits per heavy atom. The van der Waals surface area contributed by atoms with Crippen LogP contribution in [0.4, 0.5) is 17.6 Å². The molecule has 0 aliphatic rings. The van der Waals surface area contributed by atoms with Gasteiger partial charge in [-0.05, 0) is 12.9 Å². The number of halogens is 4. The SMILES string of the molecule is [2H]C([2H])([2H])C([2H])(O)c1cccc(C(F)(F)F)c1F. The Bertz CT molecular complexity index is 453. The quantitative estimate of drug-likeness (QED) is 0.709. The topological polar surface area (TPSA) is 20.2 Å². The number of benzene rings is 1. The monoisotopic (exact) mass is 212 g/mol. The van der Waals surface area contributed by atoms with Crippen LogP contribution < -0.4 is 0 Å². The molecule has 1 rings (SSSR count). The van der Waals surface area contributed by atoms with E-state index in [9.17, 15) is 22.7 Å². The highest BCUT2D eigenvalue weighted by molar-refractivity contribution is 5.29. The second kappa shape index (κ2) is 3.57. The van der Waals surface area contributed by atoms with E-state index in [0.717, 1.165) is 6.07 Å². The molecule has 1 unspecified atom stereocenters. The van der Waals surface area contributed by atoms with Crippen molar-refractivity contribution in [1.82, 2.24) is 0 Å². The minimum atomic E-state index is -5.04. The van der Waals surface area contributed by atoms with Crippen LogP contribution >= 0.6 is 0 Å². The van der Waals surface area contributed by atoms with E-state index in [1.165, 1.54) is 0 Å². The smallest absolute Gasteiger partial charge is 0.389 e. The van der Waals surface area contributed by atoms with E-state index < -0.39 is 36.1 Å². The Labute approximate surface area is 83.6 Å². The lowest BCUT2D eigenvalue weighted by Gasteiger charge is -2.12. The van der Waals surface area contributed by atoms with Gasteiger partial charge in [0.05, 0.1) is 13.0 Å². The molecular formula is C9H8F4O. The first-order chi connectivity index (χ1) is 7.89. The molecule has 0 amide bonds. The van der Waals surface area contributed by atoms with Crippen LogP contribution in [0, 0.1) is 5.82 Å². The Kier molecular flexibility index (Phi) is 1.63. The molecule has 0 spiro atoms. The fraction of sp³-hybridized carbons (Fsp3) is 0.333. The number of rotatable bonds is 1. The summed E-state index contributed by atoms with van der Waals surface area (Å²) in [6.07, 6.45) is -8.48. The molecule has 0 fully saturated rings. The predicted molar refractivity (Wildman–Crippen MR) is 42.0 cm³/mol. The van der Waals surface area contributed by atoms with Crippen LogP contribution in [-0.2, 0) is 6.18 Å². The van der Waals surface area contributed by atoms with Crippen LogP contribution in [0.25, 0.3) is 0 Å². The van der Waals surface area contributed by atoms with Gasteiger partial charge in [-0.25, -0.2) is 4.39 Å². The van der Waals surface area contributed by atoms with E-state index in [0.29, 0.717) is 12.1 Å². The van der Waals surface area contributed by atoms with Crippen LogP contribution in [0.2, 0.25) is 0 Å². The zero-order valence-corrected chi connectivity index (χ0v) is 6.69. The first-order valence-electron chi connectivity index (χ1n) is 5.47. The predicted octanol–water partition coefficient (Wildman–Crippen LogP) is 2.90. The molecule has 0 aliphatic carbocycles. The molecule has 78 valence electrons. The maximum Gasteiger partial charge on any atom is 0.419 e. The minimum Gasteiger partial charge on any atom is -0.389 e. The number of alkyl halides is 3. The maximum atomic E-state index is 13.5. The normalized spacial score (nSPS) is 21.5. The Hall–Kier alpha value is -1.10. The lowest BCUT2D eigenvalue weighted by Crippen LogP contribution is -2.10. The van der Waals surface area contributed by atoms with Crippen molar-refractivity contribution in [1.29, 1.82) is 0 Å². The van der Waals surface area contributed by atoms with E-state index in [2.05, 4.69) is 0 Å². The molecule has 1 atom stereocenters. The fourth-order valence-corrected chi connectivity index (χ4v) is 0.934. The largest absolute Gasteiger partial charge is 0.419 e.